The molecule has 4 heterocycles. The summed E-state index contributed by atoms with van der Waals surface area (Å²) in [5.74, 6) is -1.74. The minimum absolute atomic E-state index is 0.0469. The number of carbonyl (C=O) groups is 2. The number of aldehydes is 1. The van der Waals surface area contributed by atoms with Crippen LogP contribution in [0.5, 0.6) is 17.2 Å². The number of pyridine rings is 3. The highest BCUT2D eigenvalue weighted by atomic mass is 32.1. The summed E-state index contributed by atoms with van der Waals surface area (Å²) in [6.45, 7) is 1.90. The topological polar surface area (TPSA) is 112 Å². The molecule has 4 aromatic heterocycles. The molecule has 0 atom stereocenters. The summed E-state index contributed by atoms with van der Waals surface area (Å²) in [6.07, 6.45) is 5.16. The molecule has 6 rings (SSSR count). The van der Waals surface area contributed by atoms with Gasteiger partial charge in [-0.15, -0.1) is 11.3 Å². The molecule has 6 aromatic rings. The second-order valence-corrected chi connectivity index (χ2v) is 10.6. The Balaban J connectivity index is 1.25. The van der Waals surface area contributed by atoms with E-state index in [1.165, 1.54) is 77.0 Å². The van der Waals surface area contributed by atoms with Crippen molar-refractivity contribution in [2.75, 3.05) is 11.9 Å². The van der Waals surface area contributed by atoms with Crippen LogP contribution < -0.4 is 20.3 Å². The van der Waals surface area contributed by atoms with Crippen LogP contribution in [0.3, 0.4) is 0 Å². The van der Waals surface area contributed by atoms with E-state index in [9.17, 15) is 18.8 Å². The van der Waals surface area contributed by atoms with Crippen molar-refractivity contribution in [3.8, 4) is 33.5 Å². The number of thiophene rings is 1. The van der Waals surface area contributed by atoms with Crippen LogP contribution in [0.2, 0.25) is 0 Å². The van der Waals surface area contributed by atoms with Crippen LogP contribution in [0.25, 0.3) is 26.5 Å². The average Bonchev–Trinajstić information content (AvgIpc) is 3.49. The molecule has 0 aliphatic heterocycles. The zero-order valence-electron chi connectivity index (χ0n) is 23.5. The second-order valence-electron chi connectivity index (χ2n) is 9.57. The van der Waals surface area contributed by atoms with Crippen molar-refractivity contribution in [1.82, 2.24) is 14.5 Å². The van der Waals surface area contributed by atoms with Gasteiger partial charge in [0, 0.05) is 47.7 Å². The van der Waals surface area contributed by atoms with Gasteiger partial charge in [0.25, 0.3) is 11.5 Å². The van der Waals surface area contributed by atoms with Gasteiger partial charge in [-0.3, -0.25) is 28.9 Å². The van der Waals surface area contributed by atoms with E-state index in [0.717, 1.165) is 10.9 Å². The molecule has 0 saturated carbocycles. The quantitative estimate of drug-likeness (QED) is 0.172. The standard InChI is InChI=1S/C33H22F2N4O5S/c1-2-43-27-12-14-39(22-7-4-20(34)5-8-22)33(42)30(27)32(41)38-21-6-10-26(23(35)15-21)44-28-11-13-36-25-16-29(45-31(25)28)24-9-3-19(18-40)17-37-24/h3-18H,2H2,1H3,(H,38,41). The maximum Gasteiger partial charge on any atom is 0.271 e. The zero-order valence-corrected chi connectivity index (χ0v) is 24.3. The third-order valence-corrected chi connectivity index (χ3v) is 7.81. The number of fused-ring (bicyclic) bond motifs is 1. The molecule has 0 spiro atoms. The summed E-state index contributed by atoms with van der Waals surface area (Å²) in [4.78, 5) is 47.1. The minimum atomic E-state index is -0.815. The van der Waals surface area contributed by atoms with Gasteiger partial charge < -0.3 is 14.8 Å². The summed E-state index contributed by atoms with van der Waals surface area (Å²) in [7, 11) is 0. The summed E-state index contributed by atoms with van der Waals surface area (Å²) in [5.41, 5.74) is 1.16. The molecule has 0 unspecified atom stereocenters. The molecule has 0 saturated heterocycles. The molecule has 12 heteroatoms. The number of ether oxygens (including phenoxy) is 2. The highest BCUT2D eigenvalue weighted by molar-refractivity contribution is 7.22. The maximum absolute atomic E-state index is 15.3. The van der Waals surface area contributed by atoms with E-state index >= 15 is 4.39 Å². The second kappa shape index (κ2) is 12.5. The summed E-state index contributed by atoms with van der Waals surface area (Å²) < 4.78 is 42.0. The minimum Gasteiger partial charge on any atom is -0.493 e. The number of nitrogens with zero attached hydrogens (tertiary/aromatic N) is 3. The first-order valence-electron chi connectivity index (χ1n) is 13.6. The molecular formula is C33H22F2N4O5S. The number of benzene rings is 2. The molecular weight excluding hydrogens is 602 g/mol. The van der Waals surface area contributed by atoms with Crippen molar-refractivity contribution >= 4 is 39.4 Å². The van der Waals surface area contributed by atoms with Gasteiger partial charge in [0.1, 0.15) is 22.9 Å². The summed E-state index contributed by atoms with van der Waals surface area (Å²) >= 11 is 1.35. The first-order chi connectivity index (χ1) is 21.8. The first-order valence-corrected chi connectivity index (χ1v) is 14.4. The van der Waals surface area contributed by atoms with Gasteiger partial charge >= 0.3 is 0 Å². The SMILES string of the molecule is CCOc1ccn(-c2ccc(F)cc2)c(=O)c1C(=O)Nc1ccc(Oc2ccnc3cc(-c4ccc(C=O)cn4)sc23)c(F)c1. The van der Waals surface area contributed by atoms with Crippen molar-refractivity contribution in [2.24, 2.45) is 0 Å². The van der Waals surface area contributed by atoms with Crippen molar-refractivity contribution < 1.29 is 27.8 Å². The molecule has 0 aliphatic rings. The van der Waals surface area contributed by atoms with Crippen LogP contribution >= 0.6 is 11.3 Å². The Morgan fingerprint density at radius 3 is 2.51 bits per heavy atom. The van der Waals surface area contributed by atoms with Crippen molar-refractivity contribution in [2.45, 2.75) is 6.92 Å². The van der Waals surface area contributed by atoms with Gasteiger partial charge in [-0.05, 0) is 67.6 Å². The van der Waals surface area contributed by atoms with Crippen LogP contribution in [0.4, 0.5) is 14.5 Å². The van der Waals surface area contributed by atoms with Crippen molar-refractivity contribution in [3.05, 3.63) is 125 Å². The lowest BCUT2D eigenvalue weighted by Gasteiger charge is -2.14. The molecule has 0 aliphatic carbocycles. The monoisotopic (exact) mass is 624 g/mol. The maximum atomic E-state index is 15.3. The largest absolute Gasteiger partial charge is 0.493 e. The van der Waals surface area contributed by atoms with Crippen molar-refractivity contribution in [3.63, 3.8) is 0 Å². The van der Waals surface area contributed by atoms with Gasteiger partial charge in [-0.1, -0.05) is 0 Å². The lowest BCUT2D eigenvalue weighted by atomic mass is 10.2. The lowest BCUT2D eigenvalue weighted by Crippen LogP contribution is -2.29. The predicted molar refractivity (Wildman–Crippen MR) is 166 cm³/mol. The van der Waals surface area contributed by atoms with E-state index < -0.39 is 23.1 Å². The molecule has 9 nitrogen and oxygen atoms in total. The normalized spacial score (nSPS) is 10.9. The average molecular weight is 625 g/mol. The van der Waals surface area contributed by atoms with Gasteiger partial charge in [-0.25, -0.2) is 8.78 Å². The Labute approximate surface area is 258 Å². The molecule has 0 radical (unpaired) electrons. The van der Waals surface area contributed by atoms with E-state index in [4.69, 9.17) is 9.47 Å². The van der Waals surface area contributed by atoms with Gasteiger partial charge in [0.15, 0.2) is 17.9 Å². The van der Waals surface area contributed by atoms with E-state index in [0.29, 0.717) is 39.2 Å². The molecule has 1 N–H and O–H groups in total. The molecule has 0 bridgehead atoms. The van der Waals surface area contributed by atoms with Crippen LogP contribution in [0.15, 0.2) is 96.2 Å². The number of hydrogen-bond donors (Lipinski definition) is 1. The Hall–Kier alpha value is -5.75. The van der Waals surface area contributed by atoms with E-state index in [1.54, 1.807) is 25.1 Å². The van der Waals surface area contributed by atoms with Crippen LogP contribution in [0, 0.1) is 11.6 Å². The highest BCUT2D eigenvalue weighted by Crippen LogP contribution is 2.39. The van der Waals surface area contributed by atoms with Crippen LogP contribution in [0.1, 0.15) is 27.6 Å². The fourth-order valence-corrected chi connectivity index (χ4v) is 5.57. The van der Waals surface area contributed by atoms with Crippen molar-refractivity contribution in [1.29, 1.82) is 0 Å². The summed E-state index contributed by atoms with van der Waals surface area (Å²) in [5, 5.41) is 2.55. The van der Waals surface area contributed by atoms with Gasteiger partial charge in [0.2, 0.25) is 0 Å². The Kier molecular flexibility index (Phi) is 8.12. The number of halogens is 2. The van der Waals surface area contributed by atoms with Crippen LogP contribution in [-0.2, 0) is 0 Å². The number of carbonyl (C=O) groups excluding carboxylic acids is 2. The molecule has 1 amide bonds. The molecule has 2 aromatic carbocycles. The Morgan fingerprint density at radius 1 is 0.978 bits per heavy atom. The highest BCUT2D eigenvalue weighted by Gasteiger charge is 2.21. The number of nitrogens with one attached hydrogen (secondary N) is 1. The third-order valence-electron chi connectivity index (χ3n) is 6.65. The smallest absolute Gasteiger partial charge is 0.271 e. The van der Waals surface area contributed by atoms with E-state index in [1.807, 2.05) is 6.07 Å². The lowest BCUT2D eigenvalue weighted by molar-refractivity contribution is 0.102. The van der Waals surface area contributed by atoms with Crippen LogP contribution in [-0.4, -0.2) is 33.3 Å². The number of amides is 1. The number of aromatic nitrogens is 3. The fraction of sp³-hybridized carbons (Fsp3) is 0.0606. The third kappa shape index (κ3) is 6.04. The fourth-order valence-electron chi connectivity index (χ4n) is 4.52. The first kappa shape index (κ1) is 29.3. The van der Waals surface area contributed by atoms with Gasteiger partial charge in [0.05, 0.1) is 27.4 Å². The molecule has 45 heavy (non-hydrogen) atoms. The Morgan fingerprint density at radius 2 is 1.80 bits per heavy atom. The predicted octanol–water partition coefficient (Wildman–Crippen LogP) is 7.04. The molecule has 224 valence electrons. The zero-order chi connectivity index (χ0) is 31.5. The van der Waals surface area contributed by atoms with Gasteiger partial charge in [-0.2, -0.15) is 0 Å². The summed E-state index contributed by atoms with van der Waals surface area (Å²) in [6, 6.07) is 17.4. The number of anilines is 1. The van der Waals surface area contributed by atoms with E-state index in [-0.39, 0.29) is 29.4 Å². The molecule has 0 fully saturated rings. The number of hydrogen-bond acceptors (Lipinski definition) is 8. The Bertz CT molecular complexity index is 2110. The van der Waals surface area contributed by atoms with E-state index in [2.05, 4.69) is 15.3 Å². The number of rotatable bonds is 9.